The molecule has 2 amide bonds. The topological polar surface area (TPSA) is 146 Å². The first-order valence-corrected chi connectivity index (χ1v) is 14.9. The number of hydrazine groups is 1. The van der Waals surface area contributed by atoms with Crippen molar-refractivity contribution in [2.24, 2.45) is 0 Å². The normalized spacial score (nSPS) is 13.2. The van der Waals surface area contributed by atoms with Crippen LogP contribution in [-0.4, -0.2) is 37.2 Å². The molecule has 10 nitrogen and oxygen atoms in total. The van der Waals surface area contributed by atoms with E-state index in [2.05, 4.69) is 50.0 Å². The average Bonchev–Trinajstić information content (AvgIpc) is 2.82. The summed E-state index contributed by atoms with van der Waals surface area (Å²) >= 11 is 6.32. The Bertz CT molecular complexity index is 1220. The highest BCUT2D eigenvalue weighted by Crippen LogP contribution is 2.38. The molecule has 0 bridgehead atoms. The molecule has 0 aliphatic heterocycles. The Balaban J connectivity index is 2.28. The van der Waals surface area contributed by atoms with Gasteiger partial charge < -0.3 is 9.74 Å². The molecule has 0 unspecified atom stereocenters. The van der Waals surface area contributed by atoms with E-state index >= 15 is 0 Å². The monoisotopic (exact) mass is 545 g/mol. The fraction of sp³-hybridized carbons (Fsp3) is 0.400. The van der Waals surface area contributed by atoms with Crippen LogP contribution in [0.3, 0.4) is 0 Å². The second kappa shape index (κ2) is 11.7. The number of non-ortho nitro benzene ring substituents is 1. The predicted octanol–water partition coefficient (Wildman–Crippen LogP) is 5.08. The van der Waals surface area contributed by atoms with Gasteiger partial charge in [0, 0.05) is 23.4 Å². The molecule has 2 rings (SSSR count). The minimum atomic E-state index is -2.28. The number of carbonyl (C=O) groups excluding carboxylic acids is 2. The van der Waals surface area contributed by atoms with Crippen molar-refractivity contribution in [1.82, 2.24) is 10.9 Å². The number of nitrogens with zero attached hydrogens (tertiary/aromatic N) is 2. The number of nitrogens with one attached hydrogen (secondary N) is 3. The summed E-state index contributed by atoms with van der Waals surface area (Å²) in [6.07, 6.45) is -0.606. The van der Waals surface area contributed by atoms with Gasteiger partial charge in [-0.2, -0.15) is 5.26 Å². The first kappa shape index (κ1) is 29.8. The number of anilines is 1. The van der Waals surface area contributed by atoms with Gasteiger partial charge in [-0.3, -0.25) is 30.6 Å². The van der Waals surface area contributed by atoms with Gasteiger partial charge in [0.25, 0.3) is 17.5 Å². The van der Waals surface area contributed by atoms with Crippen LogP contribution < -0.4 is 16.2 Å². The molecule has 0 heterocycles. The third-order valence-electron chi connectivity index (χ3n) is 6.50. The van der Waals surface area contributed by atoms with Crippen molar-refractivity contribution in [2.45, 2.75) is 64.9 Å². The van der Waals surface area contributed by atoms with Crippen LogP contribution in [0.1, 0.15) is 49.2 Å². The van der Waals surface area contributed by atoms with Gasteiger partial charge in [-0.15, -0.1) is 0 Å². The Hall–Kier alpha value is -3.46. The van der Waals surface area contributed by atoms with Crippen LogP contribution >= 0.6 is 11.6 Å². The molecule has 3 N–H and O–H groups in total. The molecule has 2 aromatic carbocycles. The van der Waals surface area contributed by atoms with Crippen LogP contribution in [0.5, 0.6) is 0 Å². The van der Waals surface area contributed by atoms with E-state index in [-0.39, 0.29) is 21.3 Å². The van der Waals surface area contributed by atoms with Gasteiger partial charge in [0.2, 0.25) is 0 Å². The zero-order chi connectivity index (χ0) is 28.1. The summed E-state index contributed by atoms with van der Waals surface area (Å²) in [5, 5.41) is 23.4. The minimum absolute atomic E-state index is 0.111. The lowest BCUT2D eigenvalue weighted by Crippen LogP contribution is -2.55. The maximum Gasteiger partial charge on any atom is 0.269 e. The van der Waals surface area contributed by atoms with Crippen LogP contribution in [0, 0.1) is 28.4 Å². The van der Waals surface area contributed by atoms with Crippen molar-refractivity contribution in [1.29, 1.82) is 5.26 Å². The van der Waals surface area contributed by atoms with Crippen molar-refractivity contribution in [3.8, 4) is 6.07 Å². The Morgan fingerprint density at radius 1 is 1.14 bits per heavy atom. The van der Waals surface area contributed by atoms with Gasteiger partial charge in [0.05, 0.1) is 21.6 Å². The molecular formula is C25H32ClN5O5Si. The summed E-state index contributed by atoms with van der Waals surface area (Å²) in [6.45, 7) is 13.9. The maximum absolute atomic E-state index is 13.3. The standard InChI is InChI=1S/C25H32ClN5O5Si/c1-15-20(13-10-18(14-27)21(15)26)28-22(16(2)36-37(6,7)25(3,4)5)24(33)30-29-23(32)17-8-11-19(12-9-17)31(34)35/h8-13,16,22,28H,1-7H3,(H,29,32)(H,30,33)/t16-,22+/m0/s1. The van der Waals surface area contributed by atoms with E-state index in [4.69, 9.17) is 16.0 Å². The van der Waals surface area contributed by atoms with Gasteiger partial charge in [0.1, 0.15) is 12.1 Å². The minimum Gasteiger partial charge on any atom is -0.412 e. The number of amides is 2. The Morgan fingerprint density at radius 2 is 1.73 bits per heavy atom. The number of carbonyl (C=O) groups is 2. The molecule has 0 radical (unpaired) electrons. The first-order valence-electron chi connectivity index (χ1n) is 11.6. The molecule has 0 saturated heterocycles. The summed E-state index contributed by atoms with van der Waals surface area (Å²) in [6, 6.07) is 9.30. The summed E-state index contributed by atoms with van der Waals surface area (Å²) in [4.78, 5) is 36.1. The maximum atomic E-state index is 13.3. The molecule has 0 saturated carbocycles. The average molecular weight is 546 g/mol. The number of rotatable bonds is 8. The third kappa shape index (κ3) is 7.28. The van der Waals surface area contributed by atoms with Crippen molar-refractivity contribution >= 4 is 43.1 Å². The Labute approximate surface area is 222 Å². The second-order valence-electron chi connectivity index (χ2n) is 10.2. The zero-order valence-electron chi connectivity index (χ0n) is 21.9. The molecule has 0 spiro atoms. The van der Waals surface area contributed by atoms with E-state index in [1.807, 2.05) is 6.07 Å². The Morgan fingerprint density at radius 3 is 2.24 bits per heavy atom. The number of hydrogen-bond acceptors (Lipinski definition) is 7. The lowest BCUT2D eigenvalue weighted by molar-refractivity contribution is -0.384. The molecule has 0 aromatic heterocycles. The number of nitro benzene ring substituents is 1. The molecule has 37 heavy (non-hydrogen) atoms. The van der Waals surface area contributed by atoms with E-state index < -0.39 is 37.2 Å². The van der Waals surface area contributed by atoms with Crippen molar-refractivity contribution in [3.63, 3.8) is 0 Å². The predicted molar refractivity (Wildman–Crippen MR) is 145 cm³/mol. The van der Waals surface area contributed by atoms with Gasteiger partial charge in [-0.05, 0) is 61.8 Å². The quantitative estimate of drug-likeness (QED) is 0.238. The number of halogens is 1. The molecule has 12 heteroatoms. The fourth-order valence-electron chi connectivity index (χ4n) is 3.20. The second-order valence-corrected chi connectivity index (χ2v) is 15.3. The number of hydrogen-bond donors (Lipinski definition) is 3. The van der Waals surface area contributed by atoms with Crippen LogP contribution in [-0.2, 0) is 9.22 Å². The number of nitro groups is 1. The van der Waals surface area contributed by atoms with Crippen LogP contribution in [0.2, 0.25) is 23.2 Å². The van der Waals surface area contributed by atoms with Crippen molar-refractivity contribution in [3.05, 3.63) is 68.2 Å². The molecule has 2 atom stereocenters. The lowest BCUT2D eigenvalue weighted by Gasteiger charge is -2.40. The van der Waals surface area contributed by atoms with Crippen LogP contribution in [0.4, 0.5) is 11.4 Å². The van der Waals surface area contributed by atoms with Crippen molar-refractivity contribution in [2.75, 3.05) is 5.32 Å². The van der Waals surface area contributed by atoms with Crippen molar-refractivity contribution < 1.29 is 18.9 Å². The number of nitriles is 1. The highest BCUT2D eigenvalue weighted by atomic mass is 35.5. The molecule has 0 fully saturated rings. The number of benzene rings is 2. The van der Waals surface area contributed by atoms with Gasteiger partial charge in [0.15, 0.2) is 8.32 Å². The summed E-state index contributed by atoms with van der Waals surface area (Å²) in [5.41, 5.74) is 6.18. The first-order chi connectivity index (χ1) is 17.1. The summed E-state index contributed by atoms with van der Waals surface area (Å²) in [5.74, 6) is -1.21. The van der Waals surface area contributed by atoms with E-state index in [0.29, 0.717) is 16.8 Å². The van der Waals surface area contributed by atoms with Gasteiger partial charge in [-0.1, -0.05) is 32.4 Å². The van der Waals surface area contributed by atoms with Gasteiger partial charge in [-0.25, -0.2) is 0 Å². The van der Waals surface area contributed by atoms with E-state index in [1.165, 1.54) is 24.3 Å². The highest BCUT2D eigenvalue weighted by Gasteiger charge is 2.41. The smallest absolute Gasteiger partial charge is 0.269 e. The van der Waals surface area contributed by atoms with E-state index in [9.17, 15) is 25.0 Å². The summed E-state index contributed by atoms with van der Waals surface area (Å²) < 4.78 is 6.45. The molecule has 0 aliphatic rings. The highest BCUT2D eigenvalue weighted by molar-refractivity contribution is 6.74. The lowest BCUT2D eigenvalue weighted by atomic mass is 10.1. The van der Waals surface area contributed by atoms with Crippen LogP contribution in [0.25, 0.3) is 0 Å². The molecule has 2 aromatic rings. The summed E-state index contributed by atoms with van der Waals surface area (Å²) in [7, 11) is -2.28. The molecule has 0 aliphatic carbocycles. The van der Waals surface area contributed by atoms with E-state index in [1.54, 1.807) is 26.0 Å². The van der Waals surface area contributed by atoms with Crippen LogP contribution in [0.15, 0.2) is 36.4 Å². The third-order valence-corrected chi connectivity index (χ3v) is 11.6. The van der Waals surface area contributed by atoms with Gasteiger partial charge >= 0.3 is 0 Å². The molecular weight excluding hydrogens is 514 g/mol. The van der Waals surface area contributed by atoms with E-state index in [0.717, 1.165) is 0 Å². The SMILES string of the molecule is Cc1c(N[C@@H](C(=O)NNC(=O)c2ccc([N+](=O)[O-])cc2)[C@H](C)O[Si](C)(C)C(C)(C)C)ccc(C#N)c1Cl. The largest absolute Gasteiger partial charge is 0.412 e. The fourth-order valence-corrected chi connectivity index (χ4v) is 4.83. The molecule has 198 valence electrons. The Kier molecular flexibility index (Phi) is 9.43. The zero-order valence-corrected chi connectivity index (χ0v) is 23.7.